The average molecular weight is 228 g/mol. The maximum absolute atomic E-state index is 5.54. The molecule has 3 atom stereocenters. The summed E-state index contributed by atoms with van der Waals surface area (Å²) in [6.07, 6.45) is 1.59. The summed E-state index contributed by atoms with van der Waals surface area (Å²) in [7, 11) is 2.22. The second-order valence-corrected chi connectivity index (χ2v) is 5.48. The van der Waals surface area contributed by atoms with E-state index in [1.54, 1.807) is 0 Å². The Kier molecular flexibility index (Phi) is 5.73. The molecule has 0 aromatic rings. The maximum atomic E-state index is 5.54. The molecule has 16 heavy (non-hydrogen) atoms. The second kappa shape index (κ2) is 6.58. The number of likely N-dealkylation sites (tertiary alicyclic amines) is 1. The van der Waals surface area contributed by atoms with E-state index in [1.807, 2.05) is 0 Å². The van der Waals surface area contributed by atoms with Gasteiger partial charge in [0.15, 0.2) is 0 Å². The van der Waals surface area contributed by atoms with Crippen molar-refractivity contribution >= 4 is 0 Å². The third-order valence-corrected chi connectivity index (χ3v) is 3.57. The smallest absolute Gasteiger partial charge is 0.0594 e. The molecule has 96 valence electrons. The number of nitrogens with zero attached hydrogens (tertiary/aromatic N) is 1. The second-order valence-electron chi connectivity index (χ2n) is 5.48. The molecule has 1 heterocycles. The lowest BCUT2D eigenvalue weighted by atomic mass is 9.90. The summed E-state index contributed by atoms with van der Waals surface area (Å²) in [5, 5.41) is 3.63. The summed E-state index contributed by atoms with van der Waals surface area (Å²) in [6.45, 7) is 11.8. The van der Waals surface area contributed by atoms with Gasteiger partial charge in [0.25, 0.3) is 0 Å². The first-order valence-electron chi connectivity index (χ1n) is 6.56. The van der Waals surface area contributed by atoms with Crippen LogP contribution in [0.1, 0.15) is 34.1 Å². The highest BCUT2D eigenvalue weighted by molar-refractivity contribution is 4.85. The minimum atomic E-state index is 0.343. The highest BCUT2D eigenvalue weighted by Gasteiger charge is 2.28. The van der Waals surface area contributed by atoms with Crippen LogP contribution >= 0.6 is 0 Å². The van der Waals surface area contributed by atoms with Crippen molar-refractivity contribution < 1.29 is 4.74 Å². The predicted octanol–water partition coefficient (Wildman–Crippen LogP) is 1.73. The third kappa shape index (κ3) is 4.40. The Hall–Kier alpha value is -0.120. The Labute approximate surface area is 101 Å². The van der Waals surface area contributed by atoms with Gasteiger partial charge in [-0.25, -0.2) is 0 Å². The van der Waals surface area contributed by atoms with Crippen LogP contribution in [0.5, 0.6) is 0 Å². The van der Waals surface area contributed by atoms with Crippen molar-refractivity contribution in [1.82, 2.24) is 10.2 Å². The normalized spacial score (nSPS) is 32.2. The zero-order valence-electron chi connectivity index (χ0n) is 11.5. The van der Waals surface area contributed by atoms with E-state index in [0.29, 0.717) is 18.2 Å². The van der Waals surface area contributed by atoms with Gasteiger partial charge < -0.3 is 15.0 Å². The molecule has 0 bridgehead atoms. The van der Waals surface area contributed by atoms with Crippen LogP contribution < -0.4 is 5.32 Å². The molecule has 0 amide bonds. The molecule has 0 radical (unpaired) electrons. The van der Waals surface area contributed by atoms with E-state index >= 15 is 0 Å². The van der Waals surface area contributed by atoms with Gasteiger partial charge in [-0.2, -0.15) is 0 Å². The van der Waals surface area contributed by atoms with Crippen molar-refractivity contribution in [1.29, 1.82) is 0 Å². The number of piperidine rings is 1. The van der Waals surface area contributed by atoms with Crippen molar-refractivity contribution in [2.75, 3.05) is 26.7 Å². The molecule has 1 N–H and O–H groups in total. The van der Waals surface area contributed by atoms with Gasteiger partial charge in [-0.15, -0.1) is 0 Å². The molecule has 3 nitrogen and oxygen atoms in total. The van der Waals surface area contributed by atoms with Gasteiger partial charge in [-0.05, 0) is 40.2 Å². The molecule has 3 heteroatoms. The van der Waals surface area contributed by atoms with Gasteiger partial charge in [-0.1, -0.05) is 6.92 Å². The number of nitrogens with one attached hydrogen (secondary N) is 1. The molecule has 1 aliphatic heterocycles. The van der Waals surface area contributed by atoms with Crippen LogP contribution in [0.2, 0.25) is 0 Å². The molecule has 0 aromatic carbocycles. The van der Waals surface area contributed by atoms with E-state index in [2.05, 4.69) is 45.0 Å². The lowest BCUT2D eigenvalue weighted by Gasteiger charge is -2.40. The summed E-state index contributed by atoms with van der Waals surface area (Å²) in [5.74, 6) is 0.736. The fourth-order valence-electron chi connectivity index (χ4n) is 2.36. The van der Waals surface area contributed by atoms with Crippen LogP contribution in [0, 0.1) is 5.92 Å². The largest absolute Gasteiger partial charge is 0.377 e. The molecule has 1 rings (SSSR count). The Morgan fingerprint density at radius 2 is 2.06 bits per heavy atom. The molecule has 3 unspecified atom stereocenters. The van der Waals surface area contributed by atoms with Gasteiger partial charge in [0.1, 0.15) is 0 Å². The topological polar surface area (TPSA) is 24.5 Å². The maximum Gasteiger partial charge on any atom is 0.0594 e. The number of hydrogen-bond acceptors (Lipinski definition) is 3. The lowest BCUT2D eigenvalue weighted by Crippen LogP contribution is -2.51. The van der Waals surface area contributed by atoms with Gasteiger partial charge >= 0.3 is 0 Å². The van der Waals surface area contributed by atoms with E-state index in [-0.39, 0.29) is 0 Å². The third-order valence-electron chi connectivity index (χ3n) is 3.57. The molecule has 0 aromatic heterocycles. The van der Waals surface area contributed by atoms with Crippen LogP contribution in [-0.2, 0) is 4.74 Å². The van der Waals surface area contributed by atoms with E-state index in [0.717, 1.165) is 19.1 Å². The van der Waals surface area contributed by atoms with Crippen LogP contribution in [0.4, 0.5) is 0 Å². The predicted molar refractivity (Wildman–Crippen MR) is 68.8 cm³/mol. The highest BCUT2D eigenvalue weighted by Crippen LogP contribution is 2.20. The first-order valence-corrected chi connectivity index (χ1v) is 6.56. The molecule has 0 saturated carbocycles. The van der Waals surface area contributed by atoms with E-state index in [9.17, 15) is 0 Å². The minimum Gasteiger partial charge on any atom is -0.377 e. The lowest BCUT2D eigenvalue weighted by molar-refractivity contribution is 0.0703. The Balaban J connectivity index is 2.20. The van der Waals surface area contributed by atoms with Gasteiger partial charge in [0.05, 0.1) is 12.7 Å². The van der Waals surface area contributed by atoms with E-state index in [4.69, 9.17) is 4.74 Å². The molecule has 0 aliphatic carbocycles. The number of hydrogen-bond donors (Lipinski definition) is 1. The summed E-state index contributed by atoms with van der Waals surface area (Å²) < 4.78 is 5.54. The van der Waals surface area contributed by atoms with Gasteiger partial charge in [0.2, 0.25) is 0 Å². The monoisotopic (exact) mass is 228 g/mol. The van der Waals surface area contributed by atoms with E-state index in [1.165, 1.54) is 13.0 Å². The van der Waals surface area contributed by atoms with Crippen molar-refractivity contribution in [3.8, 4) is 0 Å². The quantitative estimate of drug-likeness (QED) is 0.725. The molecular formula is C13H28N2O. The SMILES string of the molecule is CC(C)OCCNC1CC(C)N(C)CC1C. The van der Waals surface area contributed by atoms with Crippen molar-refractivity contribution in [2.45, 2.75) is 52.3 Å². The summed E-state index contributed by atoms with van der Waals surface area (Å²) >= 11 is 0. The molecule has 1 aliphatic rings. The summed E-state index contributed by atoms with van der Waals surface area (Å²) in [6, 6.07) is 1.35. The van der Waals surface area contributed by atoms with Crippen LogP contribution in [-0.4, -0.2) is 49.8 Å². The van der Waals surface area contributed by atoms with Crippen LogP contribution in [0.25, 0.3) is 0 Å². The van der Waals surface area contributed by atoms with Crippen molar-refractivity contribution in [3.05, 3.63) is 0 Å². The van der Waals surface area contributed by atoms with E-state index < -0.39 is 0 Å². The fraction of sp³-hybridized carbons (Fsp3) is 1.00. The summed E-state index contributed by atoms with van der Waals surface area (Å²) in [5.41, 5.74) is 0. The standard InChI is InChI=1S/C13H28N2O/c1-10(2)16-7-6-14-13-8-12(4)15(5)9-11(13)3/h10-14H,6-9H2,1-5H3. The minimum absolute atomic E-state index is 0.343. The highest BCUT2D eigenvalue weighted by atomic mass is 16.5. The molecular weight excluding hydrogens is 200 g/mol. The van der Waals surface area contributed by atoms with Gasteiger partial charge in [0, 0.05) is 25.2 Å². The first kappa shape index (κ1) is 13.9. The average Bonchev–Trinajstić information content (AvgIpc) is 2.19. The molecule has 1 fully saturated rings. The van der Waals surface area contributed by atoms with Crippen LogP contribution in [0.3, 0.4) is 0 Å². The van der Waals surface area contributed by atoms with Gasteiger partial charge in [-0.3, -0.25) is 0 Å². The zero-order chi connectivity index (χ0) is 12.1. The van der Waals surface area contributed by atoms with Crippen LogP contribution in [0.15, 0.2) is 0 Å². The molecule has 0 spiro atoms. The first-order chi connectivity index (χ1) is 7.50. The van der Waals surface area contributed by atoms with Crippen molar-refractivity contribution in [2.24, 2.45) is 5.92 Å². The Morgan fingerprint density at radius 3 is 2.69 bits per heavy atom. The Morgan fingerprint density at radius 1 is 1.38 bits per heavy atom. The van der Waals surface area contributed by atoms with Crippen molar-refractivity contribution in [3.63, 3.8) is 0 Å². The summed E-state index contributed by atoms with van der Waals surface area (Å²) in [4.78, 5) is 2.45. The number of rotatable bonds is 5. The fourth-order valence-corrected chi connectivity index (χ4v) is 2.36. The Bertz CT molecular complexity index is 196. The molecule has 1 saturated heterocycles. The zero-order valence-corrected chi connectivity index (χ0v) is 11.5. The number of ether oxygens (including phenoxy) is 1.